The van der Waals surface area contributed by atoms with E-state index in [0.29, 0.717) is 22.2 Å². The van der Waals surface area contributed by atoms with Crippen molar-refractivity contribution in [2.24, 2.45) is 4.99 Å². The van der Waals surface area contributed by atoms with Crippen LogP contribution >= 0.6 is 23.4 Å². The number of aliphatic imine (C=N–C) groups is 1. The van der Waals surface area contributed by atoms with Gasteiger partial charge in [0.25, 0.3) is 5.91 Å². The Hall–Kier alpha value is -2.44. The Bertz CT molecular complexity index is 897. The lowest BCUT2D eigenvalue weighted by molar-refractivity contribution is -0.122. The van der Waals surface area contributed by atoms with Crippen LogP contribution in [0, 0.1) is 0 Å². The molecule has 2 aromatic carbocycles. The quantitative estimate of drug-likeness (QED) is 0.772. The van der Waals surface area contributed by atoms with Crippen LogP contribution in [-0.4, -0.2) is 34.7 Å². The van der Waals surface area contributed by atoms with E-state index in [4.69, 9.17) is 16.3 Å². The van der Waals surface area contributed by atoms with Gasteiger partial charge in [0.1, 0.15) is 0 Å². The maximum atomic E-state index is 12.7. The molecule has 2 aromatic rings. The Kier molecular flexibility index (Phi) is 5.54. The van der Waals surface area contributed by atoms with Crippen LogP contribution in [0.15, 0.2) is 52.4 Å². The molecule has 0 atom stereocenters. The van der Waals surface area contributed by atoms with Gasteiger partial charge in [-0.3, -0.25) is 9.69 Å². The van der Waals surface area contributed by atoms with Crippen molar-refractivity contribution in [2.45, 2.75) is 6.92 Å². The van der Waals surface area contributed by atoms with Crippen molar-refractivity contribution in [1.82, 2.24) is 4.90 Å². The van der Waals surface area contributed by atoms with Crippen LogP contribution in [0.25, 0.3) is 6.08 Å². The minimum Gasteiger partial charge on any atom is -0.503 e. The van der Waals surface area contributed by atoms with Gasteiger partial charge in [0.2, 0.25) is 0 Å². The van der Waals surface area contributed by atoms with Crippen molar-refractivity contribution in [3.63, 3.8) is 0 Å². The monoisotopic (exact) mass is 388 g/mol. The number of thioether (sulfide) groups is 1. The number of likely N-dealkylation sites (N-methyl/N-ethyl adjacent to an activating group) is 1. The molecule has 1 N–H and O–H groups in total. The topological polar surface area (TPSA) is 62.1 Å². The number of phenolic OH excluding ortho intramolecular Hbond substituents is 1. The highest BCUT2D eigenvalue weighted by Gasteiger charge is 2.32. The predicted molar refractivity (Wildman–Crippen MR) is 106 cm³/mol. The van der Waals surface area contributed by atoms with E-state index in [1.807, 2.05) is 37.3 Å². The number of benzene rings is 2. The Morgan fingerprint density at radius 1 is 1.31 bits per heavy atom. The number of carbonyl (C=O) groups excluding carboxylic acids is 1. The first-order valence-corrected chi connectivity index (χ1v) is 9.14. The minimum atomic E-state index is -0.122. The standard InChI is InChI=1S/C19H17ClN2O3S/c1-3-22-18(24)16(26-19(22)21-13-7-5-4-6-8-13)11-12-9-14(20)17(23)15(10-12)25-2/h4-11,23H,3H2,1-2H3/b16-11-,21-19?. The number of methoxy groups -OCH3 is 1. The molecule has 1 saturated heterocycles. The summed E-state index contributed by atoms with van der Waals surface area (Å²) < 4.78 is 5.11. The summed E-state index contributed by atoms with van der Waals surface area (Å²) in [5.41, 5.74) is 1.45. The number of hydrogen-bond acceptors (Lipinski definition) is 5. The van der Waals surface area contributed by atoms with Gasteiger partial charge in [-0.25, -0.2) is 4.99 Å². The summed E-state index contributed by atoms with van der Waals surface area (Å²) in [4.78, 5) is 19.4. The maximum Gasteiger partial charge on any atom is 0.266 e. The van der Waals surface area contributed by atoms with Crippen LogP contribution in [0.1, 0.15) is 12.5 Å². The molecule has 0 radical (unpaired) electrons. The molecule has 26 heavy (non-hydrogen) atoms. The van der Waals surface area contributed by atoms with Gasteiger partial charge in [-0.2, -0.15) is 0 Å². The number of hydrogen-bond donors (Lipinski definition) is 1. The highest BCUT2D eigenvalue weighted by atomic mass is 35.5. The third-order valence-electron chi connectivity index (χ3n) is 3.75. The smallest absolute Gasteiger partial charge is 0.266 e. The van der Waals surface area contributed by atoms with E-state index < -0.39 is 0 Å². The summed E-state index contributed by atoms with van der Waals surface area (Å²) in [5.74, 6) is 0.0175. The Morgan fingerprint density at radius 2 is 2.04 bits per heavy atom. The fourth-order valence-electron chi connectivity index (χ4n) is 2.47. The molecular weight excluding hydrogens is 372 g/mol. The summed E-state index contributed by atoms with van der Waals surface area (Å²) in [6.07, 6.45) is 1.72. The van der Waals surface area contributed by atoms with Crippen molar-refractivity contribution < 1.29 is 14.6 Å². The van der Waals surface area contributed by atoms with Crippen LogP contribution in [0.2, 0.25) is 5.02 Å². The lowest BCUT2D eigenvalue weighted by Gasteiger charge is -2.11. The fourth-order valence-corrected chi connectivity index (χ4v) is 3.75. The third kappa shape index (κ3) is 3.71. The zero-order chi connectivity index (χ0) is 18.7. The molecule has 5 nitrogen and oxygen atoms in total. The Morgan fingerprint density at radius 3 is 2.69 bits per heavy atom. The molecule has 1 fully saturated rings. The number of halogens is 1. The SMILES string of the molecule is CCN1C(=O)/C(=C/c2cc(Cl)c(O)c(OC)c2)SC1=Nc1ccccc1. The van der Waals surface area contributed by atoms with Gasteiger partial charge in [0.05, 0.1) is 22.7 Å². The van der Waals surface area contributed by atoms with E-state index in [0.717, 1.165) is 5.69 Å². The molecule has 0 aliphatic carbocycles. The number of para-hydroxylation sites is 1. The number of nitrogens with zero attached hydrogens (tertiary/aromatic N) is 2. The second-order valence-electron chi connectivity index (χ2n) is 5.44. The highest BCUT2D eigenvalue weighted by Crippen LogP contribution is 2.38. The second-order valence-corrected chi connectivity index (χ2v) is 6.86. The molecule has 0 unspecified atom stereocenters. The van der Waals surface area contributed by atoms with Crippen LogP contribution in [0.4, 0.5) is 5.69 Å². The number of carbonyl (C=O) groups is 1. The van der Waals surface area contributed by atoms with Crippen molar-refractivity contribution >= 4 is 46.2 Å². The summed E-state index contributed by atoms with van der Waals surface area (Å²) in [5, 5.41) is 10.6. The summed E-state index contributed by atoms with van der Waals surface area (Å²) in [6, 6.07) is 12.7. The largest absolute Gasteiger partial charge is 0.503 e. The molecule has 1 aliphatic heterocycles. The Labute approximate surface area is 160 Å². The third-order valence-corrected chi connectivity index (χ3v) is 5.05. The minimum absolute atomic E-state index is 0.115. The average molecular weight is 389 g/mol. The van der Waals surface area contributed by atoms with Gasteiger partial charge in [-0.1, -0.05) is 29.8 Å². The van der Waals surface area contributed by atoms with E-state index in [-0.39, 0.29) is 22.4 Å². The van der Waals surface area contributed by atoms with E-state index in [1.54, 1.807) is 23.1 Å². The Balaban J connectivity index is 1.97. The normalized spacial score (nSPS) is 17.3. The first-order chi connectivity index (χ1) is 12.5. The van der Waals surface area contributed by atoms with Crippen LogP contribution in [0.5, 0.6) is 11.5 Å². The van der Waals surface area contributed by atoms with E-state index in [9.17, 15) is 9.90 Å². The van der Waals surface area contributed by atoms with Gasteiger partial charge in [0.15, 0.2) is 16.7 Å². The predicted octanol–water partition coefficient (Wildman–Crippen LogP) is 4.68. The molecule has 0 spiro atoms. The molecule has 0 bridgehead atoms. The number of aromatic hydroxyl groups is 1. The summed E-state index contributed by atoms with van der Waals surface area (Å²) in [7, 11) is 1.45. The molecular formula is C19H17ClN2O3S. The molecule has 0 saturated carbocycles. The zero-order valence-electron chi connectivity index (χ0n) is 14.3. The number of phenols is 1. The first kappa shape index (κ1) is 18.4. The number of amidine groups is 1. The molecule has 0 aromatic heterocycles. The fraction of sp³-hybridized carbons (Fsp3) is 0.158. The average Bonchev–Trinajstić information content (AvgIpc) is 2.93. The van der Waals surface area contributed by atoms with E-state index >= 15 is 0 Å². The van der Waals surface area contributed by atoms with Crippen LogP contribution < -0.4 is 4.74 Å². The lowest BCUT2D eigenvalue weighted by Crippen LogP contribution is -2.28. The molecule has 7 heteroatoms. The lowest BCUT2D eigenvalue weighted by atomic mass is 10.2. The van der Waals surface area contributed by atoms with Gasteiger partial charge >= 0.3 is 0 Å². The number of ether oxygens (including phenoxy) is 1. The van der Waals surface area contributed by atoms with Gasteiger partial charge in [-0.15, -0.1) is 0 Å². The van der Waals surface area contributed by atoms with E-state index in [1.165, 1.54) is 18.9 Å². The summed E-state index contributed by atoms with van der Waals surface area (Å²) >= 11 is 7.33. The molecule has 1 heterocycles. The number of rotatable bonds is 4. The molecule has 134 valence electrons. The second kappa shape index (κ2) is 7.85. The van der Waals surface area contributed by atoms with Gasteiger partial charge in [0, 0.05) is 6.54 Å². The molecule has 1 aliphatic rings. The van der Waals surface area contributed by atoms with Gasteiger partial charge < -0.3 is 9.84 Å². The van der Waals surface area contributed by atoms with Gasteiger partial charge in [-0.05, 0) is 54.6 Å². The zero-order valence-corrected chi connectivity index (χ0v) is 15.8. The van der Waals surface area contributed by atoms with E-state index in [2.05, 4.69) is 4.99 Å². The van der Waals surface area contributed by atoms with Crippen molar-refractivity contribution in [3.05, 3.63) is 58.0 Å². The highest BCUT2D eigenvalue weighted by molar-refractivity contribution is 8.18. The van der Waals surface area contributed by atoms with Crippen LogP contribution in [-0.2, 0) is 4.79 Å². The molecule has 1 amide bonds. The van der Waals surface area contributed by atoms with Crippen molar-refractivity contribution in [2.75, 3.05) is 13.7 Å². The maximum absolute atomic E-state index is 12.7. The summed E-state index contributed by atoms with van der Waals surface area (Å²) in [6.45, 7) is 2.43. The van der Waals surface area contributed by atoms with Crippen LogP contribution in [0.3, 0.4) is 0 Å². The van der Waals surface area contributed by atoms with Crippen molar-refractivity contribution in [1.29, 1.82) is 0 Å². The first-order valence-electron chi connectivity index (χ1n) is 7.95. The number of amides is 1. The van der Waals surface area contributed by atoms with Crippen molar-refractivity contribution in [3.8, 4) is 11.5 Å². The molecule has 3 rings (SSSR count).